The van der Waals surface area contributed by atoms with Crippen LogP contribution in [0.15, 0.2) is 53.4 Å². The molecule has 2 N–H and O–H groups in total. The summed E-state index contributed by atoms with van der Waals surface area (Å²) in [6, 6.07) is 9.03. The van der Waals surface area contributed by atoms with Crippen LogP contribution in [0.2, 0.25) is 0 Å². The summed E-state index contributed by atoms with van der Waals surface area (Å²) in [6.07, 6.45) is -4.58. The van der Waals surface area contributed by atoms with Gasteiger partial charge in [0.05, 0.1) is 10.5 Å². The smallest absolute Gasteiger partial charge is 0.352 e. The fourth-order valence-electron chi connectivity index (χ4n) is 2.16. The minimum atomic E-state index is -4.58. The van der Waals surface area contributed by atoms with Gasteiger partial charge < -0.3 is 5.32 Å². The van der Waals surface area contributed by atoms with Crippen LogP contribution in [0.5, 0.6) is 0 Å². The Morgan fingerprint density at radius 3 is 2.26 bits per heavy atom. The molecule has 0 fully saturated rings. The molecule has 0 heterocycles. The van der Waals surface area contributed by atoms with Gasteiger partial charge in [-0.3, -0.25) is 9.52 Å². The molecule has 0 aromatic heterocycles. The fourth-order valence-corrected chi connectivity index (χ4v) is 3.21. The van der Waals surface area contributed by atoms with Gasteiger partial charge in [0.25, 0.3) is 15.9 Å². The molecule has 0 radical (unpaired) electrons. The zero-order valence-corrected chi connectivity index (χ0v) is 15.5. The third-order valence-electron chi connectivity index (χ3n) is 3.54. The molecule has 0 spiro atoms. The van der Waals surface area contributed by atoms with Crippen LogP contribution in [-0.2, 0) is 16.2 Å². The van der Waals surface area contributed by atoms with Gasteiger partial charge in [0.2, 0.25) is 0 Å². The number of halogens is 3. The zero-order chi connectivity index (χ0) is 20.2. The second kappa shape index (κ2) is 7.99. The first-order chi connectivity index (χ1) is 12.5. The highest BCUT2D eigenvalue weighted by molar-refractivity contribution is 7.92. The van der Waals surface area contributed by atoms with Crippen molar-refractivity contribution < 1.29 is 26.4 Å². The quantitative estimate of drug-likeness (QED) is 0.773. The third-order valence-corrected chi connectivity index (χ3v) is 4.94. The van der Waals surface area contributed by atoms with Gasteiger partial charge in [-0.15, -0.1) is 0 Å². The minimum absolute atomic E-state index is 0.166. The molecule has 1 amide bonds. The lowest BCUT2D eigenvalue weighted by atomic mass is 10.2. The average molecular weight is 400 g/mol. The number of amides is 1. The molecule has 27 heavy (non-hydrogen) atoms. The first-order valence-electron chi connectivity index (χ1n) is 8.07. The Morgan fingerprint density at radius 2 is 1.70 bits per heavy atom. The molecule has 0 aliphatic carbocycles. The van der Waals surface area contributed by atoms with Gasteiger partial charge in [-0.05, 0) is 48.4 Å². The molecule has 0 bridgehead atoms. The van der Waals surface area contributed by atoms with Crippen LogP contribution in [0.4, 0.5) is 18.9 Å². The predicted molar refractivity (Wildman–Crippen MR) is 95.9 cm³/mol. The molecule has 0 aliphatic heterocycles. The SMILES string of the molecule is CC(C)CNC(=O)c1ccc(S(=O)(=O)Nc2cccc(C(F)(F)F)c2)cc1. The van der Waals surface area contributed by atoms with Crippen molar-refractivity contribution in [2.45, 2.75) is 24.9 Å². The van der Waals surface area contributed by atoms with Crippen molar-refractivity contribution in [1.29, 1.82) is 0 Å². The van der Waals surface area contributed by atoms with E-state index in [1.807, 2.05) is 13.8 Å². The van der Waals surface area contributed by atoms with E-state index in [9.17, 15) is 26.4 Å². The number of hydrogen-bond acceptors (Lipinski definition) is 3. The lowest BCUT2D eigenvalue weighted by Gasteiger charge is -2.12. The van der Waals surface area contributed by atoms with Crippen molar-refractivity contribution in [3.63, 3.8) is 0 Å². The molecule has 5 nitrogen and oxygen atoms in total. The minimum Gasteiger partial charge on any atom is -0.352 e. The van der Waals surface area contributed by atoms with Crippen LogP contribution in [0.1, 0.15) is 29.8 Å². The van der Waals surface area contributed by atoms with E-state index in [2.05, 4.69) is 10.0 Å². The van der Waals surface area contributed by atoms with Crippen LogP contribution in [0.25, 0.3) is 0 Å². The number of nitrogens with one attached hydrogen (secondary N) is 2. The monoisotopic (exact) mass is 400 g/mol. The first kappa shape index (κ1) is 20.8. The maximum atomic E-state index is 12.7. The van der Waals surface area contributed by atoms with Crippen LogP contribution < -0.4 is 10.0 Å². The van der Waals surface area contributed by atoms with E-state index in [1.165, 1.54) is 30.3 Å². The van der Waals surface area contributed by atoms with E-state index < -0.39 is 21.8 Å². The standard InChI is InChI=1S/C18H19F3N2O3S/c1-12(2)11-22-17(24)13-6-8-16(9-7-13)27(25,26)23-15-5-3-4-14(10-15)18(19,20)21/h3-10,12,23H,11H2,1-2H3,(H,22,24). The Labute approximate surface area is 155 Å². The number of rotatable bonds is 6. The molecule has 0 atom stereocenters. The number of benzene rings is 2. The van der Waals surface area contributed by atoms with Crippen molar-refractivity contribution >= 4 is 21.6 Å². The molecule has 0 saturated heterocycles. The summed E-state index contributed by atoms with van der Waals surface area (Å²) in [5.74, 6) is -0.0660. The van der Waals surface area contributed by atoms with Crippen molar-refractivity contribution in [3.05, 3.63) is 59.7 Å². The summed E-state index contributed by atoms with van der Waals surface area (Å²) in [5, 5.41) is 2.71. The van der Waals surface area contributed by atoms with Crippen LogP contribution >= 0.6 is 0 Å². The second-order valence-corrected chi connectivity index (χ2v) is 7.99. The van der Waals surface area contributed by atoms with E-state index in [0.29, 0.717) is 12.6 Å². The van der Waals surface area contributed by atoms with Gasteiger partial charge in [0.1, 0.15) is 0 Å². The van der Waals surface area contributed by atoms with E-state index in [0.717, 1.165) is 12.1 Å². The molecule has 2 aromatic carbocycles. The Balaban J connectivity index is 2.16. The molecule has 0 saturated carbocycles. The summed E-state index contributed by atoms with van der Waals surface area (Å²) in [7, 11) is -4.09. The van der Waals surface area contributed by atoms with Gasteiger partial charge in [0.15, 0.2) is 0 Å². The number of anilines is 1. The molecular formula is C18H19F3N2O3S. The molecule has 146 valence electrons. The van der Waals surface area contributed by atoms with Crippen LogP contribution in [0, 0.1) is 5.92 Å². The number of carbonyl (C=O) groups excluding carboxylic acids is 1. The molecule has 2 aromatic rings. The summed E-state index contributed by atoms with van der Waals surface area (Å²) in [4.78, 5) is 11.8. The molecule has 9 heteroatoms. The Kier molecular flexibility index (Phi) is 6.15. The predicted octanol–water partition coefficient (Wildman–Crippen LogP) is 3.89. The summed E-state index contributed by atoms with van der Waals surface area (Å²) >= 11 is 0. The van der Waals surface area contributed by atoms with Crippen molar-refractivity contribution in [1.82, 2.24) is 5.32 Å². The van der Waals surface area contributed by atoms with Gasteiger partial charge in [-0.2, -0.15) is 13.2 Å². The maximum absolute atomic E-state index is 12.7. The molecular weight excluding hydrogens is 381 g/mol. The highest BCUT2D eigenvalue weighted by atomic mass is 32.2. The Morgan fingerprint density at radius 1 is 1.07 bits per heavy atom. The number of sulfonamides is 1. The van der Waals surface area contributed by atoms with E-state index in [1.54, 1.807) is 0 Å². The number of carbonyl (C=O) groups is 1. The maximum Gasteiger partial charge on any atom is 0.416 e. The van der Waals surface area contributed by atoms with Crippen molar-refractivity contribution in [2.75, 3.05) is 11.3 Å². The van der Waals surface area contributed by atoms with Crippen LogP contribution in [-0.4, -0.2) is 20.9 Å². The third kappa shape index (κ3) is 5.72. The van der Waals surface area contributed by atoms with E-state index in [4.69, 9.17) is 0 Å². The topological polar surface area (TPSA) is 75.3 Å². The summed E-state index contributed by atoms with van der Waals surface area (Å²) in [5.41, 5.74) is -0.878. The van der Waals surface area contributed by atoms with Gasteiger partial charge in [-0.1, -0.05) is 19.9 Å². The molecule has 2 rings (SSSR count). The van der Waals surface area contributed by atoms with Crippen LogP contribution in [0.3, 0.4) is 0 Å². The van der Waals surface area contributed by atoms with E-state index >= 15 is 0 Å². The largest absolute Gasteiger partial charge is 0.416 e. The summed E-state index contributed by atoms with van der Waals surface area (Å²) in [6.45, 7) is 4.36. The zero-order valence-electron chi connectivity index (χ0n) is 14.7. The van der Waals surface area contributed by atoms with Crippen molar-refractivity contribution in [2.24, 2.45) is 5.92 Å². The normalized spacial score (nSPS) is 12.1. The van der Waals surface area contributed by atoms with Gasteiger partial charge in [0, 0.05) is 17.8 Å². The van der Waals surface area contributed by atoms with Gasteiger partial charge >= 0.3 is 6.18 Å². The molecule has 0 unspecified atom stereocenters. The lowest BCUT2D eigenvalue weighted by Crippen LogP contribution is -2.27. The summed E-state index contributed by atoms with van der Waals surface area (Å²) < 4.78 is 65.1. The highest BCUT2D eigenvalue weighted by Gasteiger charge is 2.30. The lowest BCUT2D eigenvalue weighted by molar-refractivity contribution is -0.137. The van der Waals surface area contributed by atoms with E-state index in [-0.39, 0.29) is 28.0 Å². The fraction of sp³-hybridized carbons (Fsp3) is 0.278. The Bertz CT molecular complexity index is 908. The molecule has 0 aliphatic rings. The van der Waals surface area contributed by atoms with Gasteiger partial charge in [-0.25, -0.2) is 8.42 Å². The number of hydrogen-bond donors (Lipinski definition) is 2. The Hall–Kier alpha value is -2.55. The average Bonchev–Trinajstić information content (AvgIpc) is 2.59. The second-order valence-electron chi connectivity index (χ2n) is 6.31. The van der Waals surface area contributed by atoms with Crippen molar-refractivity contribution in [3.8, 4) is 0 Å². The highest BCUT2D eigenvalue weighted by Crippen LogP contribution is 2.31. The number of alkyl halides is 3. The first-order valence-corrected chi connectivity index (χ1v) is 9.56.